The molecule has 0 aliphatic heterocycles. The summed E-state index contributed by atoms with van der Waals surface area (Å²) in [4.78, 5) is 38.4. The molecule has 0 radical (unpaired) electrons. The third-order valence-corrected chi connectivity index (χ3v) is 14.5. The van der Waals surface area contributed by atoms with E-state index in [4.69, 9.17) is 14.2 Å². The van der Waals surface area contributed by atoms with Gasteiger partial charge in [0, 0.05) is 19.3 Å². The van der Waals surface area contributed by atoms with Gasteiger partial charge in [-0.1, -0.05) is 300 Å². The molecule has 0 saturated carbocycles. The van der Waals surface area contributed by atoms with Gasteiger partial charge in [0.1, 0.15) is 13.2 Å². The van der Waals surface area contributed by atoms with Gasteiger partial charge in [0.15, 0.2) is 6.10 Å². The van der Waals surface area contributed by atoms with E-state index in [-0.39, 0.29) is 31.1 Å². The van der Waals surface area contributed by atoms with Crippen molar-refractivity contribution in [3.63, 3.8) is 0 Å². The van der Waals surface area contributed by atoms with Crippen LogP contribution in [0, 0.1) is 0 Å². The Morgan fingerprint density at radius 2 is 0.520 bits per heavy atom. The van der Waals surface area contributed by atoms with Gasteiger partial charge in [-0.3, -0.25) is 14.4 Å². The van der Waals surface area contributed by atoms with Crippen molar-refractivity contribution in [3.05, 3.63) is 60.8 Å². The molecule has 0 N–H and O–H groups in total. The maximum absolute atomic E-state index is 12.9. The number of allylic oxidation sites excluding steroid dienone is 10. The summed E-state index contributed by atoms with van der Waals surface area (Å²) in [5.41, 5.74) is 0. The van der Waals surface area contributed by atoms with Crippen molar-refractivity contribution < 1.29 is 28.6 Å². The highest BCUT2D eigenvalue weighted by Crippen LogP contribution is 2.17. The second kappa shape index (κ2) is 63.6. The molecule has 0 unspecified atom stereocenters. The van der Waals surface area contributed by atoms with Gasteiger partial charge in [0.2, 0.25) is 0 Å². The van der Waals surface area contributed by atoms with Crippen LogP contribution in [-0.2, 0) is 28.6 Å². The van der Waals surface area contributed by atoms with E-state index in [0.717, 1.165) is 96.3 Å². The minimum absolute atomic E-state index is 0.0814. The molecule has 0 aliphatic carbocycles. The lowest BCUT2D eigenvalue weighted by Gasteiger charge is -2.18. The van der Waals surface area contributed by atoms with Crippen LogP contribution < -0.4 is 0 Å². The molecule has 0 bridgehead atoms. The van der Waals surface area contributed by atoms with Gasteiger partial charge in [-0.15, -0.1) is 0 Å². The largest absolute Gasteiger partial charge is 0.462 e. The predicted octanol–water partition coefficient (Wildman–Crippen LogP) is 22.3. The first-order chi connectivity index (χ1) is 37.0. The molecule has 0 aromatic carbocycles. The summed E-state index contributed by atoms with van der Waals surface area (Å²) in [6, 6.07) is 0. The van der Waals surface area contributed by atoms with Gasteiger partial charge >= 0.3 is 17.9 Å². The summed E-state index contributed by atoms with van der Waals surface area (Å²) in [5.74, 6) is -0.887. The van der Waals surface area contributed by atoms with Crippen LogP contribution >= 0.6 is 0 Å². The maximum atomic E-state index is 12.9. The van der Waals surface area contributed by atoms with Crippen LogP contribution in [0.25, 0.3) is 0 Å². The zero-order valence-corrected chi connectivity index (χ0v) is 50.1. The van der Waals surface area contributed by atoms with Crippen LogP contribution in [-0.4, -0.2) is 37.2 Å². The molecule has 1 atom stereocenters. The molecule has 6 heteroatoms. The van der Waals surface area contributed by atoms with Crippen molar-refractivity contribution in [1.82, 2.24) is 0 Å². The number of rotatable bonds is 60. The molecule has 0 aromatic heterocycles. The van der Waals surface area contributed by atoms with E-state index in [1.54, 1.807) is 0 Å². The fraction of sp³-hybridized carbons (Fsp3) is 0.812. The number of unbranched alkanes of at least 4 members (excludes halogenated alkanes) is 39. The highest BCUT2D eigenvalue weighted by molar-refractivity contribution is 5.71. The normalized spacial score (nSPS) is 12.4. The standard InChI is InChI=1S/C69H124O6/c1-4-7-10-13-16-19-22-25-28-31-33-34-36-39-41-44-47-50-53-56-59-62-68(71)74-65-66(75-69(72)63-60-57-54-51-48-45-42-37-30-27-24-21-18-15-12-9-6-3)64-73-67(70)61-58-55-52-49-46-43-40-38-35-32-29-26-23-20-17-14-11-8-5-2/h9,12,18,21,26-27,29-30,42,45,66H,4-8,10-11,13-17,19-20,22-25,28,31-41,43-44,46-65H2,1-3H3/b12-9-,21-18-,29-26-,30-27-,45-42-/t66-/m1/s1. The van der Waals surface area contributed by atoms with E-state index in [0.29, 0.717) is 19.3 Å². The third-order valence-electron chi connectivity index (χ3n) is 14.5. The highest BCUT2D eigenvalue weighted by Gasteiger charge is 2.19. The molecule has 436 valence electrons. The summed E-state index contributed by atoms with van der Waals surface area (Å²) >= 11 is 0. The molecule has 75 heavy (non-hydrogen) atoms. The zero-order valence-electron chi connectivity index (χ0n) is 50.1. The van der Waals surface area contributed by atoms with Gasteiger partial charge in [-0.05, 0) is 83.5 Å². The summed E-state index contributed by atoms with van der Waals surface area (Å²) in [6.07, 6.45) is 80.9. The van der Waals surface area contributed by atoms with Crippen LogP contribution in [0.4, 0.5) is 0 Å². The Bertz CT molecular complexity index is 1340. The van der Waals surface area contributed by atoms with Crippen molar-refractivity contribution in [2.45, 2.75) is 348 Å². The summed E-state index contributed by atoms with van der Waals surface area (Å²) in [5, 5.41) is 0. The molecule has 0 spiro atoms. The lowest BCUT2D eigenvalue weighted by Crippen LogP contribution is -2.30. The van der Waals surface area contributed by atoms with Crippen LogP contribution in [0.5, 0.6) is 0 Å². The number of ether oxygens (including phenoxy) is 3. The van der Waals surface area contributed by atoms with Crippen molar-refractivity contribution in [2.75, 3.05) is 13.2 Å². The first-order valence-electron chi connectivity index (χ1n) is 32.8. The van der Waals surface area contributed by atoms with Crippen molar-refractivity contribution in [3.8, 4) is 0 Å². The molecule has 0 saturated heterocycles. The van der Waals surface area contributed by atoms with E-state index in [2.05, 4.69) is 81.5 Å². The predicted molar refractivity (Wildman–Crippen MR) is 325 cm³/mol. The van der Waals surface area contributed by atoms with Gasteiger partial charge < -0.3 is 14.2 Å². The van der Waals surface area contributed by atoms with Gasteiger partial charge in [-0.25, -0.2) is 0 Å². The Balaban J connectivity index is 4.36. The number of hydrogen-bond acceptors (Lipinski definition) is 6. The van der Waals surface area contributed by atoms with Crippen LogP contribution in [0.3, 0.4) is 0 Å². The highest BCUT2D eigenvalue weighted by atomic mass is 16.6. The number of carbonyl (C=O) groups excluding carboxylic acids is 3. The molecule has 6 nitrogen and oxygen atoms in total. The van der Waals surface area contributed by atoms with E-state index < -0.39 is 6.10 Å². The monoisotopic (exact) mass is 1050 g/mol. The second-order valence-corrected chi connectivity index (χ2v) is 22.0. The fourth-order valence-electron chi connectivity index (χ4n) is 9.61. The van der Waals surface area contributed by atoms with Crippen LogP contribution in [0.1, 0.15) is 342 Å². The average molecular weight is 1050 g/mol. The first-order valence-corrected chi connectivity index (χ1v) is 32.8. The Kier molecular flexibility index (Phi) is 61.2. The van der Waals surface area contributed by atoms with Crippen molar-refractivity contribution in [1.29, 1.82) is 0 Å². The Morgan fingerprint density at radius 1 is 0.280 bits per heavy atom. The van der Waals surface area contributed by atoms with Crippen LogP contribution in [0.15, 0.2) is 60.8 Å². The minimum atomic E-state index is -0.788. The Hall–Kier alpha value is -2.89. The summed E-state index contributed by atoms with van der Waals surface area (Å²) in [7, 11) is 0. The third kappa shape index (κ3) is 61.8. The smallest absolute Gasteiger partial charge is 0.306 e. The Labute approximate surface area is 466 Å². The minimum Gasteiger partial charge on any atom is -0.462 e. The topological polar surface area (TPSA) is 78.9 Å². The first kappa shape index (κ1) is 72.1. The molecular formula is C69H124O6. The molecule has 0 rings (SSSR count). The van der Waals surface area contributed by atoms with Crippen LogP contribution in [0.2, 0.25) is 0 Å². The molecular weight excluding hydrogens is 925 g/mol. The fourth-order valence-corrected chi connectivity index (χ4v) is 9.61. The SMILES string of the molecule is CC/C=C\C/C=C\C/C=C\C/C=C\CCCCCCC(=O)O[C@H](COC(=O)CCCCCCCCCCC/C=C\CCCCCCCC)COC(=O)CCCCCCCCCCCCCCCCCCCCCCC. The molecule has 0 fully saturated rings. The van der Waals surface area contributed by atoms with E-state index in [9.17, 15) is 14.4 Å². The lowest BCUT2D eigenvalue weighted by molar-refractivity contribution is -0.167. The van der Waals surface area contributed by atoms with Gasteiger partial charge in [0.25, 0.3) is 0 Å². The Morgan fingerprint density at radius 3 is 0.827 bits per heavy atom. The quantitative estimate of drug-likeness (QED) is 0.0261. The zero-order chi connectivity index (χ0) is 54.3. The second-order valence-electron chi connectivity index (χ2n) is 22.0. The van der Waals surface area contributed by atoms with E-state index >= 15 is 0 Å². The van der Waals surface area contributed by atoms with Crippen molar-refractivity contribution >= 4 is 17.9 Å². The average Bonchev–Trinajstić information content (AvgIpc) is 3.41. The van der Waals surface area contributed by atoms with Gasteiger partial charge in [-0.2, -0.15) is 0 Å². The summed E-state index contributed by atoms with van der Waals surface area (Å²) in [6.45, 7) is 6.56. The van der Waals surface area contributed by atoms with E-state index in [1.165, 1.54) is 205 Å². The number of esters is 3. The molecule has 0 aliphatic rings. The summed E-state index contributed by atoms with van der Waals surface area (Å²) < 4.78 is 16.9. The molecule has 0 aromatic rings. The van der Waals surface area contributed by atoms with Gasteiger partial charge in [0.05, 0.1) is 0 Å². The molecule has 0 heterocycles. The molecule has 0 amide bonds. The lowest BCUT2D eigenvalue weighted by atomic mass is 10.0. The van der Waals surface area contributed by atoms with Crippen molar-refractivity contribution in [2.24, 2.45) is 0 Å². The maximum Gasteiger partial charge on any atom is 0.306 e. The number of hydrogen-bond donors (Lipinski definition) is 0. The number of carbonyl (C=O) groups is 3. The van der Waals surface area contributed by atoms with E-state index in [1.807, 2.05) is 0 Å².